The minimum absolute atomic E-state index is 0.549. The number of hydrogen-bond acceptors (Lipinski definition) is 2. The number of nitriles is 2. The first-order valence-corrected chi connectivity index (χ1v) is 4.92. The number of benzene rings is 1. The van der Waals surface area contributed by atoms with E-state index < -0.39 is 5.41 Å². The molecule has 3 heteroatoms. The number of hydrogen-bond donors (Lipinski definition) is 0. The van der Waals surface area contributed by atoms with Gasteiger partial charge in [-0.3, -0.25) is 0 Å². The summed E-state index contributed by atoms with van der Waals surface area (Å²) in [4.78, 5) is 0. The van der Waals surface area contributed by atoms with Gasteiger partial charge in [0, 0.05) is 4.47 Å². The summed E-state index contributed by atoms with van der Waals surface area (Å²) >= 11 is 3.27. The van der Waals surface area contributed by atoms with E-state index in [1.165, 1.54) is 0 Å². The lowest BCUT2D eigenvalue weighted by Crippen LogP contribution is -2.13. The molecule has 0 saturated carbocycles. The molecule has 0 saturated heterocycles. The molecule has 1 aromatic rings. The van der Waals surface area contributed by atoms with Crippen molar-refractivity contribution in [2.24, 2.45) is 0 Å². The minimum atomic E-state index is -0.549. The normalized spacial score (nSPS) is 10.4. The Bertz CT molecular complexity index is 436. The van der Waals surface area contributed by atoms with Crippen LogP contribution < -0.4 is 0 Å². The van der Waals surface area contributed by atoms with E-state index in [-0.39, 0.29) is 0 Å². The summed E-state index contributed by atoms with van der Waals surface area (Å²) in [7, 11) is 0. The Morgan fingerprint density at radius 1 is 1.29 bits per heavy atom. The van der Waals surface area contributed by atoms with Crippen LogP contribution in [-0.2, 0) is 5.41 Å². The third-order valence-corrected chi connectivity index (χ3v) is 2.78. The molecule has 0 aliphatic carbocycles. The fourth-order valence-corrected chi connectivity index (χ4v) is 1.40. The monoisotopic (exact) mass is 248 g/mol. The van der Waals surface area contributed by atoms with Crippen molar-refractivity contribution in [1.82, 2.24) is 0 Å². The third-order valence-electron chi connectivity index (χ3n) is 2.09. The van der Waals surface area contributed by atoms with Crippen molar-refractivity contribution in [2.75, 3.05) is 0 Å². The van der Waals surface area contributed by atoms with Crippen molar-refractivity contribution >= 4 is 15.9 Å². The Balaban J connectivity index is 3.30. The average Bonchev–Trinajstić information content (AvgIpc) is 2.18. The van der Waals surface area contributed by atoms with Crippen molar-refractivity contribution in [1.29, 1.82) is 10.5 Å². The molecule has 2 nitrogen and oxygen atoms in total. The summed E-state index contributed by atoms with van der Waals surface area (Å²) in [6, 6.07) is 9.68. The summed E-state index contributed by atoms with van der Waals surface area (Å²) in [6.07, 6.45) is 0. The van der Waals surface area contributed by atoms with Gasteiger partial charge >= 0.3 is 0 Å². The molecular formula is C11H9BrN2. The van der Waals surface area contributed by atoms with Gasteiger partial charge in [0.1, 0.15) is 6.07 Å². The predicted octanol–water partition coefficient (Wildman–Crippen LogP) is 3.12. The van der Waals surface area contributed by atoms with Crippen LogP contribution >= 0.6 is 15.9 Å². The second kappa shape index (κ2) is 3.82. The standard InChI is InChI=1S/C11H9BrN2/c1-11(2,7-14)9-3-4-10(12)8(5-9)6-13/h3-5H,1-2H3. The van der Waals surface area contributed by atoms with E-state index in [1.54, 1.807) is 12.1 Å². The number of rotatable bonds is 1. The van der Waals surface area contributed by atoms with Gasteiger partial charge in [0.25, 0.3) is 0 Å². The Morgan fingerprint density at radius 2 is 1.93 bits per heavy atom. The van der Waals surface area contributed by atoms with Gasteiger partial charge in [-0.25, -0.2) is 0 Å². The van der Waals surface area contributed by atoms with Crippen LogP contribution in [0.1, 0.15) is 25.0 Å². The fraction of sp³-hybridized carbons (Fsp3) is 0.273. The van der Waals surface area contributed by atoms with Gasteiger partial charge < -0.3 is 0 Å². The molecule has 0 heterocycles. The maximum atomic E-state index is 8.94. The molecule has 0 fully saturated rings. The topological polar surface area (TPSA) is 47.6 Å². The van der Waals surface area contributed by atoms with Crippen molar-refractivity contribution in [3.05, 3.63) is 33.8 Å². The van der Waals surface area contributed by atoms with Gasteiger partial charge in [-0.2, -0.15) is 10.5 Å². The molecule has 14 heavy (non-hydrogen) atoms. The van der Waals surface area contributed by atoms with Gasteiger partial charge in [0.2, 0.25) is 0 Å². The maximum Gasteiger partial charge on any atom is 0.100 e. The summed E-state index contributed by atoms with van der Waals surface area (Å²) in [5.74, 6) is 0. The second-order valence-corrected chi connectivity index (χ2v) is 4.40. The zero-order valence-corrected chi connectivity index (χ0v) is 9.59. The molecule has 0 aliphatic rings. The fourth-order valence-electron chi connectivity index (χ4n) is 1.06. The molecule has 0 unspecified atom stereocenters. The Kier molecular flexibility index (Phi) is 2.93. The summed E-state index contributed by atoms with van der Waals surface area (Å²) in [5, 5.41) is 17.8. The van der Waals surface area contributed by atoms with E-state index in [9.17, 15) is 0 Å². The molecule has 1 rings (SSSR count). The van der Waals surface area contributed by atoms with E-state index in [0.717, 1.165) is 10.0 Å². The average molecular weight is 249 g/mol. The second-order valence-electron chi connectivity index (χ2n) is 3.54. The Hall–Kier alpha value is -1.32. The molecule has 0 N–H and O–H groups in total. The van der Waals surface area contributed by atoms with E-state index in [0.29, 0.717) is 5.56 Å². The summed E-state index contributed by atoms with van der Waals surface area (Å²) in [5.41, 5.74) is 0.873. The lowest BCUT2D eigenvalue weighted by Gasteiger charge is -2.15. The van der Waals surface area contributed by atoms with Crippen LogP contribution in [0.4, 0.5) is 0 Å². The van der Waals surface area contributed by atoms with Crippen LogP contribution in [0.5, 0.6) is 0 Å². The van der Waals surface area contributed by atoms with Crippen LogP contribution in [0, 0.1) is 22.7 Å². The van der Waals surface area contributed by atoms with Gasteiger partial charge in [-0.05, 0) is 47.5 Å². The highest BCUT2D eigenvalue weighted by Gasteiger charge is 2.20. The maximum absolute atomic E-state index is 8.94. The van der Waals surface area contributed by atoms with Gasteiger partial charge in [-0.1, -0.05) is 6.07 Å². The highest BCUT2D eigenvalue weighted by atomic mass is 79.9. The predicted molar refractivity (Wildman–Crippen MR) is 57.5 cm³/mol. The van der Waals surface area contributed by atoms with Crippen LogP contribution in [0.15, 0.2) is 22.7 Å². The zero-order valence-electron chi connectivity index (χ0n) is 8.00. The molecule has 0 atom stereocenters. The van der Waals surface area contributed by atoms with Crippen molar-refractivity contribution < 1.29 is 0 Å². The van der Waals surface area contributed by atoms with E-state index in [1.807, 2.05) is 19.9 Å². The van der Waals surface area contributed by atoms with Crippen molar-refractivity contribution in [2.45, 2.75) is 19.3 Å². The van der Waals surface area contributed by atoms with Crippen LogP contribution in [-0.4, -0.2) is 0 Å². The zero-order chi connectivity index (χ0) is 10.8. The molecule has 70 valence electrons. The molecule has 0 aromatic heterocycles. The van der Waals surface area contributed by atoms with E-state index >= 15 is 0 Å². The lowest BCUT2D eigenvalue weighted by atomic mass is 9.86. The number of halogens is 1. The molecule has 1 aromatic carbocycles. The first-order valence-electron chi connectivity index (χ1n) is 4.12. The van der Waals surface area contributed by atoms with E-state index in [4.69, 9.17) is 10.5 Å². The first kappa shape index (κ1) is 10.8. The van der Waals surface area contributed by atoms with Gasteiger partial charge in [-0.15, -0.1) is 0 Å². The minimum Gasteiger partial charge on any atom is -0.197 e. The quantitative estimate of drug-likeness (QED) is 0.767. The van der Waals surface area contributed by atoms with Crippen molar-refractivity contribution in [3.63, 3.8) is 0 Å². The first-order chi connectivity index (χ1) is 6.51. The highest BCUT2D eigenvalue weighted by molar-refractivity contribution is 9.10. The molecule has 0 radical (unpaired) electrons. The summed E-state index contributed by atoms with van der Waals surface area (Å²) in [6.45, 7) is 3.66. The Labute approximate surface area is 91.9 Å². The molecular weight excluding hydrogens is 240 g/mol. The molecule has 0 spiro atoms. The van der Waals surface area contributed by atoms with Gasteiger partial charge in [0.05, 0.1) is 17.0 Å². The van der Waals surface area contributed by atoms with Gasteiger partial charge in [0.15, 0.2) is 0 Å². The molecule has 0 bridgehead atoms. The largest absolute Gasteiger partial charge is 0.197 e. The third kappa shape index (κ3) is 1.95. The van der Waals surface area contributed by atoms with Crippen LogP contribution in [0.25, 0.3) is 0 Å². The molecule has 0 amide bonds. The smallest absolute Gasteiger partial charge is 0.100 e. The van der Waals surface area contributed by atoms with E-state index in [2.05, 4.69) is 28.1 Å². The van der Waals surface area contributed by atoms with Crippen LogP contribution in [0.3, 0.4) is 0 Å². The van der Waals surface area contributed by atoms with Crippen LogP contribution in [0.2, 0.25) is 0 Å². The summed E-state index contributed by atoms with van der Waals surface area (Å²) < 4.78 is 0.762. The lowest BCUT2D eigenvalue weighted by molar-refractivity contribution is 0.686. The van der Waals surface area contributed by atoms with Crippen molar-refractivity contribution in [3.8, 4) is 12.1 Å². The number of nitrogens with zero attached hydrogens (tertiary/aromatic N) is 2. The Morgan fingerprint density at radius 3 is 2.43 bits per heavy atom. The highest BCUT2D eigenvalue weighted by Crippen LogP contribution is 2.26. The molecule has 0 aliphatic heterocycles. The SMILES string of the molecule is CC(C)(C#N)c1ccc(Br)c(C#N)c1.